The number of H-pyrrole nitrogens is 1. The Bertz CT molecular complexity index is 884. The number of carbonyl (C=O) groups is 1. The maximum absolute atomic E-state index is 13.8. The Labute approximate surface area is 146 Å². The maximum atomic E-state index is 13.8. The molecule has 0 fully saturated rings. The summed E-state index contributed by atoms with van der Waals surface area (Å²) >= 11 is 0. The Balaban J connectivity index is 1.74. The fourth-order valence-electron chi connectivity index (χ4n) is 2.91. The lowest BCUT2D eigenvalue weighted by Crippen LogP contribution is -2.34. The van der Waals surface area contributed by atoms with Gasteiger partial charge in [0.25, 0.3) is 5.91 Å². The number of hydrogen-bond donors (Lipinski definition) is 2. The summed E-state index contributed by atoms with van der Waals surface area (Å²) in [6.07, 6.45) is 0. The number of aromatic nitrogens is 1. The van der Waals surface area contributed by atoms with Gasteiger partial charge in [-0.15, -0.1) is 0 Å². The highest BCUT2D eigenvalue weighted by Gasteiger charge is 2.17. The number of nitrogens with zero attached hydrogens (tertiary/aromatic N) is 1. The van der Waals surface area contributed by atoms with Crippen molar-refractivity contribution in [3.8, 4) is 0 Å². The first-order chi connectivity index (χ1) is 12.0. The van der Waals surface area contributed by atoms with Crippen LogP contribution < -0.4 is 5.32 Å². The van der Waals surface area contributed by atoms with Crippen molar-refractivity contribution in [3.05, 3.63) is 71.2 Å². The van der Waals surface area contributed by atoms with Gasteiger partial charge in [0.1, 0.15) is 11.5 Å². The first-order valence-corrected chi connectivity index (χ1v) is 8.24. The van der Waals surface area contributed by atoms with Crippen LogP contribution in [0.25, 0.3) is 10.9 Å². The predicted molar refractivity (Wildman–Crippen MR) is 98.2 cm³/mol. The van der Waals surface area contributed by atoms with Gasteiger partial charge in [0.15, 0.2) is 0 Å². The molecule has 5 heteroatoms. The highest BCUT2D eigenvalue weighted by Crippen LogP contribution is 2.20. The van der Waals surface area contributed by atoms with E-state index in [4.69, 9.17) is 0 Å². The van der Waals surface area contributed by atoms with Crippen LogP contribution in [0.1, 0.15) is 27.7 Å². The lowest BCUT2D eigenvalue weighted by molar-refractivity contribution is 0.0937. The summed E-state index contributed by atoms with van der Waals surface area (Å²) in [4.78, 5) is 17.5. The molecule has 1 amide bonds. The summed E-state index contributed by atoms with van der Waals surface area (Å²) < 4.78 is 13.8. The molecule has 0 aliphatic rings. The Hall–Kier alpha value is -2.66. The predicted octanol–water partition coefficient (Wildman–Crippen LogP) is 3.65. The molecule has 1 atom stereocenters. The van der Waals surface area contributed by atoms with Crippen LogP contribution in [0.4, 0.5) is 4.39 Å². The van der Waals surface area contributed by atoms with E-state index in [1.54, 1.807) is 18.2 Å². The first kappa shape index (κ1) is 17.2. The van der Waals surface area contributed by atoms with Crippen LogP contribution in [0.2, 0.25) is 0 Å². The molecule has 0 saturated heterocycles. The first-order valence-electron chi connectivity index (χ1n) is 8.24. The number of rotatable bonds is 5. The standard InChI is InChI=1S/C20H22FN3O/c1-13-7-9-14(10-8-13)19(24(2)3)12-22-20(25)18-11-15-16(21)5-4-6-17(15)23-18/h4-11,19,23H,12H2,1-3H3,(H,22,25). The summed E-state index contributed by atoms with van der Waals surface area (Å²) in [6.45, 7) is 2.51. The molecule has 130 valence electrons. The van der Waals surface area contributed by atoms with Crippen molar-refractivity contribution in [2.45, 2.75) is 13.0 Å². The molecule has 25 heavy (non-hydrogen) atoms. The van der Waals surface area contributed by atoms with Gasteiger partial charge in [-0.25, -0.2) is 4.39 Å². The lowest BCUT2D eigenvalue weighted by atomic mass is 10.0. The highest BCUT2D eigenvalue weighted by molar-refractivity contribution is 5.98. The zero-order chi connectivity index (χ0) is 18.0. The number of hydrogen-bond acceptors (Lipinski definition) is 2. The van der Waals surface area contributed by atoms with Crippen LogP contribution in [-0.2, 0) is 0 Å². The number of likely N-dealkylation sites (N-methyl/N-ethyl adjacent to an activating group) is 1. The Kier molecular flexibility index (Phi) is 4.86. The van der Waals surface area contributed by atoms with Crippen LogP contribution in [0.5, 0.6) is 0 Å². The van der Waals surface area contributed by atoms with Gasteiger partial charge in [-0.3, -0.25) is 4.79 Å². The van der Waals surface area contributed by atoms with Crippen LogP contribution >= 0.6 is 0 Å². The maximum Gasteiger partial charge on any atom is 0.267 e. The minimum atomic E-state index is -0.335. The topological polar surface area (TPSA) is 48.1 Å². The molecular formula is C20H22FN3O. The van der Waals surface area contributed by atoms with E-state index in [1.807, 2.05) is 21.0 Å². The molecule has 2 aromatic carbocycles. The van der Waals surface area contributed by atoms with Gasteiger partial charge in [0.05, 0.1) is 6.04 Å². The van der Waals surface area contributed by atoms with Crippen LogP contribution in [0.3, 0.4) is 0 Å². The van der Waals surface area contributed by atoms with E-state index in [2.05, 4.69) is 39.5 Å². The van der Waals surface area contributed by atoms with E-state index in [-0.39, 0.29) is 17.8 Å². The Morgan fingerprint density at radius 2 is 1.92 bits per heavy atom. The van der Waals surface area contributed by atoms with Gasteiger partial charge in [0.2, 0.25) is 0 Å². The average Bonchev–Trinajstić information content (AvgIpc) is 3.02. The summed E-state index contributed by atoms with van der Waals surface area (Å²) in [5.41, 5.74) is 3.32. The fraction of sp³-hybridized carbons (Fsp3) is 0.250. The van der Waals surface area contributed by atoms with Crippen LogP contribution in [0.15, 0.2) is 48.5 Å². The molecular weight excluding hydrogens is 317 g/mol. The second-order valence-corrected chi connectivity index (χ2v) is 6.48. The van der Waals surface area contributed by atoms with E-state index in [1.165, 1.54) is 11.6 Å². The van der Waals surface area contributed by atoms with Gasteiger partial charge in [-0.2, -0.15) is 0 Å². The SMILES string of the molecule is Cc1ccc(C(CNC(=O)c2cc3c(F)cccc3[nH]2)N(C)C)cc1. The minimum Gasteiger partial charge on any atom is -0.350 e. The number of aromatic amines is 1. The van der Waals surface area contributed by atoms with Gasteiger partial charge in [0, 0.05) is 17.4 Å². The number of fused-ring (bicyclic) bond motifs is 1. The van der Waals surface area contributed by atoms with E-state index >= 15 is 0 Å². The zero-order valence-corrected chi connectivity index (χ0v) is 14.6. The molecule has 0 spiro atoms. The molecule has 0 aliphatic heterocycles. The van der Waals surface area contributed by atoms with E-state index in [9.17, 15) is 9.18 Å². The smallest absolute Gasteiger partial charge is 0.267 e. The van der Waals surface area contributed by atoms with Gasteiger partial charge < -0.3 is 15.2 Å². The number of benzene rings is 2. The van der Waals surface area contributed by atoms with E-state index in [0.29, 0.717) is 23.1 Å². The lowest BCUT2D eigenvalue weighted by Gasteiger charge is -2.25. The Morgan fingerprint density at radius 1 is 1.20 bits per heavy atom. The van der Waals surface area contributed by atoms with E-state index in [0.717, 1.165) is 5.56 Å². The highest BCUT2D eigenvalue weighted by atomic mass is 19.1. The Morgan fingerprint density at radius 3 is 2.56 bits per heavy atom. The second-order valence-electron chi connectivity index (χ2n) is 6.48. The van der Waals surface area contributed by atoms with E-state index < -0.39 is 0 Å². The summed E-state index contributed by atoms with van der Waals surface area (Å²) in [5, 5.41) is 3.37. The summed E-state index contributed by atoms with van der Waals surface area (Å²) in [6, 6.07) is 14.6. The fourth-order valence-corrected chi connectivity index (χ4v) is 2.91. The number of aryl methyl sites for hydroxylation is 1. The quantitative estimate of drug-likeness (QED) is 0.745. The largest absolute Gasteiger partial charge is 0.350 e. The number of amides is 1. The molecule has 0 saturated carbocycles. The van der Waals surface area contributed by atoms with Crippen molar-refractivity contribution < 1.29 is 9.18 Å². The summed E-state index contributed by atoms with van der Waals surface area (Å²) in [5.74, 6) is -0.576. The molecule has 1 unspecified atom stereocenters. The van der Waals surface area contributed by atoms with Crippen molar-refractivity contribution in [1.29, 1.82) is 0 Å². The van der Waals surface area contributed by atoms with Crippen molar-refractivity contribution in [2.24, 2.45) is 0 Å². The monoisotopic (exact) mass is 339 g/mol. The normalized spacial score (nSPS) is 12.5. The molecule has 3 aromatic rings. The molecule has 0 aliphatic carbocycles. The average molecular weight is 339 g/mol. The minimum absolute atomic E-state index is 0.0608. The number of carbonyl (C=O) groups excluding carboxylic acids is 1. The van der Waals surface area contributed by atoms with Crippen molar-refractivity contribution in [2.75, 3.05) is 20.6 Å². The van der Waals surface area contributed by atoms with Gasteiger partial charge in [-0.05, 0) is 44.8 Å². The van der Waals surface area contributed by atoms with Crippen LogP contribution in [-0.4, -0.2) is 36.4 Å². The van der Waals surface area contributed by atoms with Crippen molar-refractivity contribution >= 4 is 16.8 Å². The molecule has 1 aromatic heterocycles. The number of halogens is 1. The van der Waals surface area contributed by atoms with Gasteiger partial charge in [-0.1, -0.05) is 35.9 Å². The third-order valence-corrected chi connectivity index (χ3v) is 4.40. The molecule has 1 heterocycles. The second kappa shape index (κ2) is 7.07. The van der Waals surface area contributed by atoms with Gasteiger partial charge >= 0.3 is 0 Å². The molecule has 4 nitrogen and oxygen atoms in total. The molecule has 3 rings (SSSR count). The molecule has 2 N–H and O–H groups in total. The third kappa shape index (κ3) is 3.72. The van der Waals surface area contributed by atoms with Crippen molar-refractivity contribution in [3.63, 3.8) is 0 Å². The van der Waals surface area contributed by atoms with Crippen molar-refractivity contribution in [1.82, 2.24) is 15.2 Å². The van der Waals surface area contributed by atoms with Crippen LogP contribution in [0, 0.1) is 12.7 Å². The molecule has 0 radical (unpaired) electrons. The third-order valence-electron chi connectivity index (χ3n) is 4.40. The zero-order valence-electron chi connectivity index (χ0n) is 14.6. The number of nitrogens with one attached hydrogen (secondary N) is 2. The molecule has 0 bridgehead atoms. The summed E-state index contributed by atoms with van der Waals surface area (Å²) in [7, 11) is 3.96.